The van der Waals surface area contributed by atoms with E-state index < -0.39 is 11.7 Å². The first-order valence-corrected chi connectivity index (χ1v) is 8.43. The molecular formula is C19H10F3N3S. The maximum absolute atomic E-state index is 12.9. The summed E-state index contributed by atoms with van der Waals surface area (Å²) >= 11 is 1.20. The molecule has 0 amide bonds. The van der Waals surface area contributed by atoms with Crippen LogP contribution in [0.3, 0.4) is 0 Å². The molecule has 128 valence electrons. The van der Waals surface area contributed by atoms with Crippen LogP contribution in [-0.4, -0.2) is 9.97 Å². The van der Waals surface area contributed by atoms with Crippen molar-refractivity contribution in [2.24, 2.45) is 0 Å². The number of thiazole rings is 1. The number of allylic oxidation sites excluding steroid dienone is 1. The molecule has 4 aromatic rings. The van der Waals surface area contributed by atoms with Gasteiger partial charge in [-0.25, -0.2) is 4.98 Å². The summed E-state index contributed by atoms with van der Waals surface area (Å²) in [5.41, 5.74) is 1.56. The van der Waals surface area contributed by atoms with Gasteiger partial charge in [0.15, 0.2) is 0 Å². The molecule has 0 bridgehead atoms. The van der Waals surface area contributed by atoms with Gasteiger partial charge in [0.2, 0.25) is 0 Å². The molecule has 1 N–H and O–H groups in total. The number of fused-ring (bicyclic) bond motifs is 2. The number of aromatic nitrogens is 2. The van der Waals surface area contributed by atoms with Gasteiger partial charge in [0.05, 0.1) is 21.4 Å². The fourth-order valence-electron chi connectivity index (χ4n) is 2.73. The number of nitriles is 1. The second kappa shape index (κ2) is 6.00. The first-order chi connectivity index (χ1) is 12.5. The Balaban J connectivity index is 1.80. The van der Waals surface area contributed by atoms with Gasteiger partial charge in [0.1, 0.15) is 11.1 Å². The van der Waals surface area contributed by atoms with Crippen molar-refractivity contribution in [1.29, 1.82) is 5.26 Å². The summed E-state index contributed by atoms with van der Waals surface area (Å²) in [6.45, 7) is 0. The maximum Gasteiger partial charge on any atom is 0.416 e. The summed E-state index contributed by atoms with van der Waals surface area (Å²) < 4.78 is 39.2. The first kappa shape index (κ1) is 16.4. The Kier molecular flexibility index (Phi) is 3.78. The predicted octanol–water partition coefficient (Wildman–Crippen LogP) is 5.86. The second-order valence-corrected chi connectivity index (χ2v) is 6.69. The van der Waals surface area contributed by atoms with E-state index >= 15 is 0 Å². The largest absolute Gasteiger partial charge is 0.416 e. The number of benzene rings is 2. The highest BCUT2D eigenvalue weighted by Gasteiger charge is 2.30. The van der Waals surface area contributed by atoms with E-state index in [2.05, 4.69) is 16.0 Å². The monoisotopic (exact) mass is 369 g/mol. The number of para-hydroxylation sites is 1. The lowest BCUT2D eigenvalue weighted by atomic mass is 10.1. The number of halogens is 3. The number of aromatic amines is 1. The minimum atomic E-state index is -4.42. The van der Waals surface area contributed by atoms with Crippen molar-refractivity contribution in [2.75, 3.05) is 0 Å². The summed E-state index contributed by atoms with van der Waals surface area (Å²) in [4.78, 5) is 7.36. The molecule has 26 heavy (non-hydrogen) atoms. The molecule has 7 heteroatoms. The van der Waals surface area contributed by atoms with E-state index in [9.17, 15) is 18.4 Å². The molecule has 2 aromatic heterocycles. The Bertz CT molecular complexity index is 1190. The number of hydrogen-bond acceptors (Lipinski definition) is 3. The third-order valence-corrected chi connectivity index (χ3v) is 5.06. The smallest absolute Gasteiger partial charge is 0.361 e. The van der Waals surface area contributed by atoms with E-state index in [-0.39, 0.29) is 5.52 Å². The Morgan fingerprint density at radius 1 is 1.19 bits per heavy atom. The average molecular weight is 369 g/mol. The van der Waals surface area contributed by atoms with Gasteiger partial charge in [-0.15, -0.1) is 11.3 Å². The zero-order valence-corrected chi connectivity index (χ0v) is 13.9. The molecule has 0 saturated carbocycles. The van der Waals surface area contributed by atoms with Gasteiger partial charge in [0.25, 0.3) is 0 Å². The predicted molar refractivity (Wildman–Crippen MR) is 96.4 cm³/mol. The third kappa shape index (κ3) is 2.85. The van der Waals surface area contributed by atoms with Gasteiger partial charge in [-0.2, -0.15) is 18.4 Å². The molecular weight excluding hydrogens is 359 g/mol. The fourth-order valence-corrected chi connectivity index (χ4v) is 3.64. The van der Waals surface area contributed by atoms with Crippen LogP contribution in [0.2, 0.25) is 0 Å². The van der Waals surface area contributed by atoms with Gasteiger partial charge < -0.3 is 4.98 Å². The highest BCUT2D eigenvalue weighted by Crippen LogP contribution is 2.34. The molecule has 0 radical (unpaired) electrons. The number of nitrogens with one attached hydrogen (secondary N) is 1. The van der Waals surface area contributed by atoms with Crippen LogP contribution < -0.4 is 0 Å². The Hall–Kier alpha value is -3.11. The van der Waals surface area contributed by atoms with E-state index in [0.29, 0.717) is 15.3 Å². The summed E-state index contributed by atoms with van der Waals surface area (Å²) in [5, 5.41) is 10.9. The Labute approximate surface area is 150 Å². The molecule has 0 unspecified atom stereocenters. The normalized spacial score (nSPS) is 12.6. The van der Waals surface area contributed by atoms with Crippen LogP contribution in [-0.2, 0) is 6.18 Å². The minimum Gasteiger partial charge on any atom is -0.361 e. The van der Waals surface area contributed by atoms with Crippen LogP contribution >= 0.6 is 11.3 Å². The summed E-state index contributed by atoms with van der Waals surface area (Å²) in [6, 6.07) is 13.2. The molecule has 0 atom stereocenters. The summed E-state index contributed by atoms with van der Waals surface area (Å²) in [7, 11) is 0. The van der Waals surface area contributed by atoms with E-state index in [1.54, 1.807) is 12.3 Å². The molecule has 0 fully saturated rings. The number of hydrogen-bond donors (Lipinski definition) is 1. The SMILES string of the molecule is N#CC(=Cc1c[nH]c2ccccc12)c1nc2cc(C(F)(F)F)ccc2s1. The topological polar surface area (TPSA) is 52.5 Å². The van der Waals surface area contributed by atoms with Gasteiger partial charge in [-0.05, 0) is 30.3 Å². The number of nitrogens with zero attached hydrogens (tertiary/aromatic N) is 2. The van der Waals surface area contributed by atoms with Crippen molar-refractivity contribution in [2.45, 2.75) is 6.18 Å². The summed E-state index contributed by atoms with van der Waals surface area (Å²) in [5.74, 6) is 0. The van der Waals surface area contributed by atoms with Crippen molar-refractivity contribution in [3.8, 4) is 6.07 Å². The molecule has 2 heterocycles. The van der Waals surface area contributed by atoms with Crippen molar-refractivity contribution < 1.29 is 13.2 Å². The van der Waals surface area contributed by atoms with Gasteiger partial charge in [0, 0.05) is 22.7 Å². The van der Waals surface area contributed by atoms with E-state index in [1.807, 2.05) is 24.3 Å². The van der Waals surface area contributed by atoms with Gasteiger partial charge in [-0.1, -0.05) is 18.2 Å². The van der Waals surface area contributed by atoms with Crippen molar-refractivity contribution in [3.05, 3.63) is 64.8 Å². The highest BCUT2D eigenvalue weighted by molar-refractivity contribution is 7.19. The van der Waals surface area contributed by atoms with Crippen LogP contribution in [0.15, 0.2) is 48.7 Å². The molecule has 2 aromatic carbocycles. The van der Waals surface area contributed by atoms with E-state index in [4.69, 9.17) is 0 Å². The molecule has 0 saturated heterocycles. The standard InChI is InChI=1S/C19H10F3N3S/c20-19(21,22)13-5-6-17-16(8-13)25-18(26-17)11(9-23)7-12-10-24-15-4-2-1-3-14(12)15/h1-8,10,24H. The molecule has 0 aliphatic rings. The van der Waals surface area contributed by atoms with E-state index in [0.717, 1.165) is 28.6 Å². The lowest BCUT2D eigenvalue weighted by molar-refractivity contribution is -0.137. The second-order valence-electron chi connectivity index (χ2n) is 5.66. The molecule has 0 spiro atoms. The van der Waals surface area contributed by atoms with Crippen LogP contribution in [0, 0.1) is 11.3 Å². The zero-order valence-electron chi connectivity index (χ0n) is 13.1. The first-order valence-electron chi connectivity index (χ1n) is 7.62. The number of alkyl halides is 3. The molecule has 4 rings (SSSR count). The average Bonchev–Trinajstić information content (AvgIpc) is 3.22. The molecule has 0 aliphatic carbocycles. The Morgan fingerprint density at radius 2 is 2.00 bits per heavy atom. The summed E-state index contributed by atoms with van der Waals surface area (Å²) in [6.07, 6.45) is -0.936. The maximum atomic E-state index is 12.9. The van der Waals surface area contributed by atoms with Gasteiger partial charge in [-0.3, -0.25) is 0 Å². The molecule has 3 nitrogen and oxygen atoms in total. The highest BCUT2D eigenvalue weighted by atomic mass is 32.1. The lowest BCUT2D eigenvalue weighted by Crippen LogP contribution is -2.03. The Morgan fingerprint density at radius 3 is 2.77 bits per heavy atom. The van der Waals surface area contributed by atoms with Crippen molar-refractivity contribution in [1.82, 2.24) is 9.97 Å². The fraction of sp³-hybridized carbons (Fsp3) is 0.0526. The molecule has 0 aliphatic heterocycles. The van der Waals surface area contributed by atoms with Crippen LogP contribution in [0.25, 0.3) is 32.8 Å². The van der Waals surface area contributed by atoms with Crippen molar-refractivity contribution >= 4 is 44.1 Å². The van der Waals surface area contributed by atoms with Crippen LogP contribution in [0.1, 0.15) is 16.1 Å². The van der Waals surface area contributed by atoms with Crippen molar-refractivity contribution in [3.63, 3.8) is 0 Å². The minimum absolute atomic E-state index is 0.236. The van der Waals surface area contributed by atoms with E-state index in [1.165, 1.54) is 17.4 Å². The third-order valence-electron chi connectivity index (χ3n) is 3.99. The van der Waals surface area contributed by atoms with Gasteiger partial charge >= 0.3 is 6.18 Å². The van der Waals surface area contributed by atoms with Crippen LogP contribution in [0.5, 0.6) is 0 Å². The van der Waals surface area contributed by atoms with Crippen LogP contribution in [0.4, 0.5) is 13.2 Å². The number of H-pyrrole nitrogens is 1. The quantitative estimate of drug-likeness (QED) is 0.450. The lowest BCUT2D eigenvalue weighted by Gasteiger charge is -2.04. The number of rotatable bonds is 2. The zero-order chi connectivity index (χ0) is 18.3.